The number of furan rings is 1. The molecule has 1 aromatic heterocycles. The van der Waals surface area contributed by atoms with Crippen LogP contribution in [0.15, 0.2) is 34.9 Å². The molecular formula is C13H11Cl2NO4. The average Bonchev–Trinajstić information content (AvgIpc) is 2.88. The molecule has 7 heteroatoms. The van der Waals surface area contributed by atoms with Crippen molar-refractivity contribution in [2.75, 3.05) is 6.61 Å². The van der Waals surface area contributed by atoms with Crippen molar-refractivity contribution in [3.63, 3.8) is 0 Å². The molecule has 1 aromatic carbocycles. The zero-order valence-corrected chi connectivity index (χ0v) is 11.6. The zero-order valence-electron chi connectivity index (χ0n) is 10.1. The number of nitrogens with one attached hydrogen (secondary N) is 1. The molecule has 20 heavy (non-hydrogen) atoms. The van der Waals surface area contributed by atoms with Gasteiger partial charge in [0.15, 0.2) is 0 Å². The fourth-order valence-electron chi connectivity index (χ4n) is 1.71. The molecule has 2 rings (SSSR count). The Kier molecular flexibility index (Phi) is 4.54. The molecule has 0 aliphatic heterocycles. The van der Waals surface area contributed by atoms with Crippen molar-refractivity contribution in [1.82, 2.24) is 5.32 Å². The third kappa shape index (κ3) is 3.07. The lowest BCUT2D eigenvalue weighted by molar-refractivity contribution is 0.0905. The first-order valence-electron chi connectivity index (χ1n) is 5.66. The number of hydrogen-bond acceptors (Lipinski definition) is 4. The predicted octanol–water partition coefficient (Wildman–Crippen LogP) is 2.76. The lowest BCUT2D eigenvalue weighted by atomic mass is 10.1. The van der Waals surface area contributed by atoms with E-state index in [0.29, 0.717) is 5.76 Å². The van der Waals surface area contributed by atoms with E-state index < -0.39 is 11.9 Å². The standard InChI is InChI=1S/C13H11Cl2NO4/c14-7-4-8(15)12(10(18)5-7)13(19)16-9(6-17)11-2-1-3-20-11/h1-5,9,17-18H,6H2,(H,16,19). The Labute approximate surface area is 124 Å². The molecule has 0 bridgehead atoms. The summed E-state index contributed by atoms with van der Waals surface area (Å²) in [5, 5.41) is 21.8. The Bertz CT molecular complexity index is 590. The van der Waals surface area contributed by atoms with Gasteiger partial charge in [-0.15, -0.1) is 0 Å². The second-order valence-electron chi connectivity index (χ2n) is 4.01. The van der Waals surface area contributed by atoms with Gasteiger partial charge < -0.3 is 19.9 Å². The number of amides is 1. The molecule has 1 atom stereocenters. The van der Waals surface area contributed by atoms with Crippen LogP contribution >= 0.6 is 23.2 Å². The monoisotopic (exact) mass is 315 g/mol. The molecule has 5 nitrogen and oxygen atoms in total. The second kappa shape index (κ2) is 6.17. The maximum absolute atomic E-state index is 12.1. The summed E-state index contributed by atoms with van der Waals surface area (Å²) in [5.41, 5.74) is -0.110. The molecule has 1 unspecified atom stereocenters. The molecule has 2 aromatic rings. The summed E-state index contributed by atoms with van der Waals surface area (Å²) < 4.78 is 5.11. The quantitative estimate of drug-likeness (QED) is 0.810. The summed E-state index contributed by atoms with van der Waals surface area (Å²) >= 11 is 11.6. The van der Waals surface area contributed by atoms with Crippen molar-refractivity contribution in [2.24, 2.45) is 0 Å². The normalized spacial score (nSPS) is 12.2. The van der Waals surface area contributed by atoms with Gasteiger partial charge in [0.25, 0.3) is 5.91 Å². The Morgan fingerprint density at radius 2 is 2.15 bits per heavy atom. The van der Waals surface area contributed by atoms with Crippen molar-refractivity contribution >= 4 is 29.1 Å². The molecular weight excluding hydrogens is 305 g/mol. The van der Waals surface area contributed by atoms with Crippen molar-refractivity contribution in [3.05, 3.63) is 51.9 Å². The first-order valence-corrected chi connectivity index (χ1v) is 6.41. The third-order valence-corrected chi connectivity index (χ3v) is 3.15. The summed E-state index contributed by atoms with van der Waals surface area (Å²) in [7, 11) is 0. The number of rotatable bonds is 4. The van der Waals surface area contributed by atoms with Crippen molar-refractivity contribution in [3.8, 4) is 5.75 Å². The van der Waals surface area contributed by atoms with Crippen LogP contribution < -0.4 is 5.32 Å². The molecule has 0 saturated carbocycles. The van der Waals surface area contributed by atoms with Gasteiger partial charge >= 0.3 is 0 Å². The lowest BCUT2D eigenvalue weighted by Gasteiger charge is -2.15. The van der Waals surface area contributed by atoms with E-state index in [0.717, 1.165) is 0 Å². The Morgan fingerprint density at radius 1 is 1.40 bits per heavy atom. The van der Waals surface area contributed by atoms with Crippen LogP contribution in [0.2, 0.25) is 10.0 Å². The van der Waals surface area contributed by atoms with Crippen LogP contribution in [-0.2, 0) is 0 Å². The van der Waals surface area contributed by atoms with E-state index in [-0.39, 0.29) is 28.0 Å². The fraction of sp³-hybridized carbons (Fsp3) is 0.154. The van der Waals surface area contributed by atoms with Crippen molar-refractivity contribution < 1.29 is 19.4 Å². The minimum atomic E-state index is -0.733. The molecule has 0 radical (unpaired) electrons. The molecule has 106 valence electrons. The number of carbonyl (C=O) groups is 1. The van der Waals surface area contributed by atoms with Crippen LogP contribution in [0.5, 0.6) is 5.75 Å². The summed E-state index contributed by atoms with van der Waals surface area (Å²) in [4.78, 5) is 12.1. The summed E-state index contributed by atoms with van der Waals surface area (Å²) in [6, 6.07) is 5.08. The molecule has 0 aliphatic rings. The van der Waals surface area contributed by atoms with Gasteiger partial charge in [-0.3, -0.25) is 4.79 Å². The minimum absolute atomic E-state index is 0.0173. The number of phenolic OH excluding ortho intramolecular Hbond substituents is 1. The highest BCUT2D eigenvalue weighted by molar-refractivity contribution is 6.37. The first-order chi connectivity index (χ1) is 9.52. The van der Waals surface area contributed by atoms with E-state index in [1.807, 2.05) is 0 Å². The van der Waals surface area contributed by atoms with Gasteiger partial charge in [-0.2, -0.15) is 0 Å². The Balaban J connectivity index is 2.24. The van der Waals surface area contributed by atoms with Gasteiger partial charge in [-0.1, -0.05) is 23.2 Å². The van der Waals surface area contributed by atoms with Gasteiger partial charge in [-0.05, 0) is 24.3 Å². The van der Waals surface area contributed by atoms with Crippen molar-refractivity contribution in [2.45, 2.75) is 6.04 Å². The third-order valence-electron chi connectivity index (χ3n) is 2.64. The second-order valence-corrected chi connectivity index (χ2v) is 4.85. The van der Waals surface area contributed by atoms with Crippen LogP contribution in [0.3, 0.4) is 0 Å². The molecule has 1 amide bonds. The largest absolute Gasteiger partial charge is 0.507 e. The summed E-state index contributed by atoms with van der Waals surface area (Å²) in [6.07, 6.45) is 1.43. The van der Waals surface area contributed by atoms with Crippen LogP contribution in [0.1, 0.15) is 22.2 Å². The van der Waals surface area contributed by atoms with Gasteiger partial charge in [0.1, 0.15) is 17.6 Å². The number of carbonyl (C=O) groups excluding carboxylic acids is 1. The fourth-order valence-corrected chi connectivity index (χ4v) is 2.28. The highest BCUT2D eigenvalue weighted by Gasteiger charge is 2.21. The average molecular weight is 316 g/mol. The van der Waals surface area contributed by atoms with Crippen molar-refractivity contribution in [1.29, 1.82) is 0 Å². The maximum Gasteiger partial charge on any atom is 0.257 e. The maximum atomic E-state index is 12.1. The van der Waals surface area contributed by atoms with E-state index in [9.17, 15) is 15.0 Å². The highest BCUT2D eigenvalue weighted by atomic mass is 35.5. The highest BCUT2D eigenvalue weighted by Crippen LogP contribution is 2.30. The zero-order chi connectivity index (χ0) is 14.7. The van der Waals surface area contributed by atoms with Gasteiger partial charge in [-0.25, -0.2) is 0 Å². The first kappa shape index (κ1) is 14.7. The number of benzene rings is 1. The van der Waals surface area contributed by atoms with Crippen LogP contribution in [0.4, 0.5) is 0 Å². The number of phenols is 1. The number of aliphatic hydroxyl groups is 1. The van der Waals surface area contributed by atoms with E-state index >= 15 is 0 Å². The number of halogens is 2. The number of hydrogen-bond donors (Lipinski definition) is 3. The molecule has 0 saturated heterocycles. The molecule has 0 fully saturated rings. The van der Waals surface area contributed by atoms with Crippen LogP contribution in [0.25, 0.3) is 0 Å². The van der Waals surface area contributed by atoms with Gasteiger partial charge in [0.2, 0.25) is 0 Å². The van der Waals surface area contributed by atoms with Gasteiger partial charge in [0, 0.05) is 5.02 Å². The SMILES string of the molecule is O=C(NC(CO)c1ccco1)c1c(O)cc(Cl)cc1Cl. The number of aromatic hydroxyl groups is 1. The Morgan fingerprint density at radius 3 is 2.70 bits per heavy atom. The molecule has 0 aliphatic carbocycles. The summed E-state index contributed by atoms with van der Waals surface area (Å²) in [6.45, 7) is -0.356. The van der Waals surface area contributed by atoms with Crippen LogP contribution in [-0.4, -0.2) is 22.7 Å². The topological polar surface area (TPSA) is 82.7 Å². The van der Waals surface area contributed by atoms with Crippen LogP contribution in [0, 0.1) is 0 Å². The Hall–Kier alpha value is -1.69. The molecule has 0 spiro atoms. The summed E-state index contributed by atoms with van der Waals surface area (Å²) in [5.74, 6) is -0.582. The van der Waals surface area contributed by atoms with E-state index in [1.54, 1.807) is 12.1 Å². The minimum Gasteiger partial charge on any atom is -0.507 e. The van der Waals surface area contributed by atoms with E-state index in [4.69, 9.17) is 27.6 Å². The lowest BCUT2D eigenvalue weighted by Crippen LogP contribution is -2.30. The van der Waals surface area contributed by atoms with E-state index in [1.165, 1.54) is 18.4 Å². The van der Waals surface area contributed by atoms with E-state index in [2.05, 4.69) is 5.32 Å². The van der Waals surface area contributed by atoms with Gasteiger partial charge in [0.05, 0.1) is 23.5 Å². The predicted molar refractivity (Wildman–Crippen MR) is 74.1 cm³/mol. The number of aliphatic hydroxyl groups excluding tert-OH is 1. The molecule has 1 heterocycles. The molecule has 3 N–H and O–H groups in total. The smallest absolute Gasteiger partial charge is 0.257 e.